The molecule has 4 nitrogen and oxygen atoms in total. The second-order valence-electron chi connectivity index (χ2n) is 6.75. The molecule has 3 N–H and O–H groups in total. The van der Waals surface area contributed by atoms with Gasteiger partial charge in [0.2, 0.25) is 0 Å². The van der Waals surface area contributed by atoms with E-state index in [0.717, 1.165) is 31.4 Å². The van der Waals surface area contributed by atoms with Crippen LogP contribution in [0.3, 0.4) is 0 Å². The van der Waals surface area contributed by atoms with Crippen LogP contribution in [-0.2, 0) is 11.2 Å². The Bertz CT molecular complexity index is 522. The summed E-state index contributed by atoms with van der Waals surface area (Å²) in [5.41, 5.74) is 7.41. The fourth-order valence-electron chi connectivity index (χ4n) is 3.50. The van der Waals surface area contributed by atoms with Crippen LogP contribution in [0.1, 0.15) is 50.5 Å². The van der Waals surface area contributed by atoms with E-state index >= 15 is 0 Å². The van der Waals surface area contributed by atoms with Crippen LogP contribution in [0.15, 0.2) is 24.3 Å². The number of benzene rings is 1. The van der Waals surface area contributed by atoms with Gasteiger partial charge in [0.15, 0.2) is 6.10 Å². The van der Waals surface area contributed by atoms with Crippen LogP contribution in [0.2, 0.25) is 0 Å². The summed E-state index contributed by atoms with van der Waals surface area (Å²) in [6, 6.07) is 7.95. The van der Waals surface area contributed by atoms with Crippen molar-refractivity contribution in [3.8, 4) is 5.75 Å². The lowest BCUT2D eigenvalue weighted by molar-refractivity contribution is -0.129. The minimum atomic E-state index is -0.385. The van der Waals surface area contributed by atoms with Gasteiger partial charge in [0.05, 0.1) is 0 Å². The Labute approximate surface area is 132 Å². The monoisotopic (exact) mass is 302 g/mol. The Morgan fingerprint density at radius 3 is 2.73 bits per heavy atom. The molecule has 1 heterocycles. The number of hydrogen-bond acceptors (Lipinski definition) is 3. The second-order valence-corrected chi connectivity index (χ2v) is 6.75. The van der Waals surface area contributed by atoms with Crippen molar-refractivity contribution in [2.45, 2.75) is 63.0 Å². The van der Waals surface area contributed by atoms with Gasteiger partial charge in [-0.3, -0.25) is 4.79 Å². The highest BCUT2D eigenvalue weighted by Gasteiger charge is 2.30. The summed E-state index contributed by atoms with van der Waals surface area (Å²) in [5, 5.41) is 3.03. The minimum absolute atomic E-state index is 0.0245. The third-order valence-electron chi connectivity index (χ3n) is 4.92. The number of nitrogens with two attached hydrogens (primary N) is 1. The predicted molar refractivity (Wildman–Crippen MR) is 86.8 cm³/mol. The summed E-state index contributed by atoms with van der Waals surface area (Å²) in [6.07, 6.45) is 8.10. The number of amides is 1. The normalized spacial score (nSPS) is 23.8. The van der Waals surface area contributed by atoms with Gasteiger partial charge in [-0.15, -0.1) is 0 Å². The molecular formula is C18H26N2O2. The van der Waals surface area contributed by atoms with E-state index in [0.29, 0.717) is 6.54 Å². The van der Waals surface area contributed by atoms with E-state index in [-0.39, 0.29) is 17.6 Å². The molecule has 0 aromatic heterocycles. The van der Waals surface area contributed by atoms with E-state index < -0.39 is 0 Å². The Balaban J connectivity index is 1.54. The molecule has 120 valence electrons. The Morgan fingerprint density at radius 2 is 1.95 bits per heavy atom. The molecule has 1 fully saturated rings. The quantitative estimate of drug-likeness (QED) is 0.843. The summed E-state index contributed by atoms with van der Waals surface area (Å²) >= 11 is 0. The van der Waals surface area contributed by atoms with Crippen LogP contribution >= 0.6 is 0 Å². The molecule has 0 saturated heterocycles. The Kier molecular flexibility index (Phi) is 4.67. The molecule has 4 heteroatoms. The highest BCUT2D eigenvalue weighted by molar-refractivity contribution is 5.81. The fraction of sp³-hybridized carbons (Fsp3) is 0.611. The molecule has 0 radical (unpaired) electrons. The summed E-state index contributed by atoms with van der Waals surface area (Å²) in [7, 11) is 0. The summed E-state index contributed by atoms with van der Waals surface area (Å²) in [5.74, 6) is 0.814. The number of nitrogens with one attached hydrogen (secondary N) is 1. The molecule has 0 bridgehead atoms. The first-order valence-corrected chi connectivity index (χ1v) is 8.47. The number of hydrogen-bond donors (Lipinski definition) is 2. The molecule has 1 aliphatic carbocycles. The predicted octanol–water partition coefficient (Wildman–Crippen LogP) is 2.55. The van der Waals surface area contributed by atoms with Gasteiger partial charge in [0.1, 0.15) is 5.75 Å². The third-order valence-corrected chi connectivity index (χ3v) is 4.92. The van der Waals surface area contributed by atoms with Crippen LogP contribution in [0, 0.1) is 0 Å². The molecule has 3 rings (SSSR count). The van der Waals surface area contributed by atoms with Gasteiger partial charge in [0, 0.05) is 12.1 Å². The first-order chi connectivity index (χ1) is 10.7. The van der Waals surface area contributed by atoms with Gasteiger partial charge in [-0.25, -0.2) is 0 Å². The zero-order valence-corrected chi connectivity index (χ0v) is 13.1. The maximum Gasteiger partial charge on any atom is 0.261 e. The van der Waals surface area contributed by atoms with Gasteiger partial charge < -0.3 is 15.8 Å². The zero-order valence-electron chi connectivity index (χ0n) is 13.1. The first kappa shape index (κ1) is 15.3. The molecule has 1 aromatic rings. The van der Waals surface area contributed by atoms with Crippen LogP contribution in [0.25, 0.3) is 0 Å². The van der Waals surface area contributed by atoms with Gasteiger partial charge in [-0.2, -0.15) is 0 Å². The molecule has 1 aliphatic heterocycles. The van der Waals surface area contributed by atoms with Crippen molar-refractivity contribution in [1.82, 2.24) is 5.32 Å². The molecular weight excluding hydrogens is 276 g/mol. The largest absolute Gasteiger partial charge is 0.480 e. The standard InChI is InChI=1S/C18H26N2O2/c19-18(11-5-1-2-6-12-18)13-20-17(21)16-10-9-14-7-3-4-8-15(14)22-16/h3-4,7-8,16H,1-2,5-6,9-13,19H2,(H,20,21). The number of aryl methyl sites for hydroxylation is 1. The highest BCUT2D eigenvalue weighted by atomic mass is 16.5. The lowest BCUT2D eigenvalue weighted by Crippen LogP contribution is -2.52. The van der Waals surface area contributed by atoms with Crippen LogP contribution in [0.4, 0.5) is 0 Å². The number of carbonyl (C=O) groups excluding carboxylic acids is 1. The Morgan fingerprint density at radius 1 is 1.23 bits per heavy atom. The smallest absolute Gasteiger partial charge is 0.261 e. The van der Waals surface area contributed by atoms with Crippen LogP contribution in [0.5, 0.6) is 5.75 Å². The minimum Gasteiger partial charge on any atom is -0.480 e. The van der Waals surface area contributed by atoms with Crippen molar-refractivity contribution in [3.63, 3.8) is 0 Å². The zero-order chi connectivity index (χ0) is 15.4. The second kappa shape index (κ2) is 6.69. The number of fused-ring (bicyclic) bond motifs is 1. The van der Waals surface area contributed by atoms with E-state index in [4.69, 9.17) is 10.5 Å². The van der Waals surface area contributed by atoms with E-state index in [1.165, 1.54) is 31.2 Å². The van der Waals surface area contributed by atoms with Crippen molar-refractivity contribution in [2.75, 3.05) is 6.54 Å². The molecule has 2 aliphatic rings. The van der Waals surface area contributed by atoms with Crippen molar-refractivity contribution in [1.29, 1.82) is 0 Å². The van der Waals surface area contributed by atoms with Crippen LogP contribution < -0.4 is 15.8 Å². The number of carbonyl (C=O) groups is 1. The van der Waals surface area contributed by atoms with Crippen molar-refractivity contribution >= 4 is 5.91 Å². The topological polar surface area (TPSA) is 64.3 Å². The summed E-state index contributed by atoms with van der Waals surface area (Å²) < 4.78 is 5.84. The van der Waals surface area contributed by atoms with E-state index in [9.17, 15) is 4.79 Å². The SMILES string of the molecule is NC1(CNC(=O)C2CCc3ccccc3O2)CCCCCC1. The average Bonchev–Trinajstić information content (AvgIpc) is 2.77. The lowest BCUT2D eigenvalue weighted by atomic mass is 9.91. The van der Waals surface area contributed by atoms with Gasteiger partial charge in [-0.1, -0.05) is 43.9 Å². The molecule has 1 atom stereocenters. The molecule has 1 amide bonds. The molecule has 1 aromatic carbocycles. The van der Waals surface area contributed by atoms with Crippen molar-refractivity contribution in [3.05, 3.63) is 29.8 Å². The molecule has 0 spiro atoms. The van der Waals surface area contributed by atoms with Crippen molar-refractivity contribution in [2.24, 2.45) is 5.73 Å². The highest BCUT2D eigenvalue weighted by Crippen LogP contribution is 2.27. The number of rotatable bonds is 3. The third kappa shape index (κ3) is 3.61. The van der Waals surface area contributed by atoms with E-state index in [2.05, 4.69) is 11.4 Å². The van der Waals surface area contributed by atoms with Gasteiger partial charge in [0.25, 0.3) is 5.91 Å². The van der Waals surface area contributed by atoms with E-state index in [1.54, 1.807) is 0 Å². The average molecular weight is 302 g/mol. The number of ether oxygens (including phenoxy) is 1. The fourth-order valence-corrected chi connectivity index (χ4v) is 3.50. The van der Waals surface area contributed by atoms with Crippen molar-refractivity contribution < 1.29 is 9.53 Å². The summed E-state index contributed by atoms with van der Waals surface area (Å²) in [6.45, 7) is 0.563. The molecule has 22 heavy (non-hydrogen) atoms. The van der Waals surface area contributed by atoms with E-state index in [1.807, 2.05) is 18.2 Å². The van der Waals surface area contributed by atoms with Crippen LogP contribution in [-0.4, -0.2) is 24.1 Å². The summed E-state index contributed by atoms with van der Waals surface area (Å²) in [4.78, 5) is 12.4. The Hall–Kier alpha value is -1.55. The molecule has 1 unspecified atom stereocenters. The lowest BCUT2D eigenvalue weighted by Gasteiger charge is -2.30. The molecule has 1 saturated carbocycles. The van der Waals surface area contributed by atoms with Gasteiger partial charge in [-0.05, 0) is 37.3 Å². The maximum absolute atomic E-state index is 12.4. The first-order valence-electron chi connectivity index (χ1n) is 8.47. The maximum atomic E-state index is 12.4. The van der Waals surface area contributed by atoms with Gasteiger partial charge >= 0.3 is 0 Å². The number of para-hydroxylation sites is 1.